The molecule has 1 saturated carbocycles. The Morgan fingerprint density at radius 1 is 1.46 bits per heavy atom. The van der Waals surface area contributed by atoms with Crippen LogP contribution in [0.15, 0.2) is 24.3 Å². The molecule has 2 fully saturated rings. The second-order valence-electron chi connectivity index (χ2n) is 7.03. The van der Waals surface area contributed by atoms with Crippen molar-refractivity contribution in [3.8, 4) is 0 Å². The molecule has 0 unspecified atom stereocenters. The van der Waals surface area contributed by atoms with Gasteiger partial charge in [0.05, 0.1) is 18.6 Å². The molecule has 1 aromatic carbocycles. The van der Waals surface area contributed by atoms with Gasteiger partial charge in [0.1, 0.15) is 5.82 Å². The molecule has 2 amide bonds. The Morgan fingerprint density at radius 3 is 2.83 bits per heavy atom. The number of carbonyl (C=O) groups is 2. The highest BCUT2D eigenvalue weighted by Gasteiger charge is 2.44. The Kier molecular flexibility index (Phi) is 4.58. The SMILES string of the molecule is CN1C(=O)CC[C@@H](C(=O)NCC2(CO)CC2)[C@@H]1c1cccc(F)c1. The molecule has 3 rings (SSSR count). The van der Waals surface area contributed by atoms with Crippen molar-refractivity contribution in [1.29, 1.82) is 0 Å². The maximum absolute atomic E-state index is 13.6. The number of hydrogen-bond acceptors (Lipinski definition) is 3. The highest BCUT2D eigenvalue weighted by molar-refractivity contribution is 5.85. The fourth-order valence-corrected chi connectivity index (χ4v) is 3.43. The van der Waals surface area contributed by atoms with Crippen molar-refractivity contribution < 1.29 is 19.1 Å². The predicted octanol–water partition coefficient (Wildman–Crippen LogP) is 1.62. The first kappa shape index (κ1) is 16.9. The summed E-state index contributed by atoms with van der Waals surface area (Å²) in [6.07, 6.45) is 2.59. The van der Waals surface area contributed by atoms with Crippen molar-refractivity contribution in [2.75, 3.05) is 20.2 Å². The zero-order valence-electron chi connectivity index (χ0n) is 13.8. The Morgan fingerprint density at radius 2 is 2.21 bits per heavy atom. The average molecular weight is 334 g/mol. The van der Waals surface area contributed by atoms with Gasteiger partial charge < -0.3 is 15.3 Å². The van der Waals surface area contributed by atoms with Crippen molar-refractivity contribution >= 4 is 11.8 Å². The van der Waals surface area contributed by atoms with E-state index in [0.29, 0.717) is 24.9 Å². The minimum Gasteiger partial charge on any atom is -0.396 e. The van der Waals surface area contributed by atoms with Crippen LogP contribution < -0.4 is 5.32 Å². The molecule has 1 aromatic rings. The summed E-state index contributed by atoms with van der Waals surface area (Å²) in [5, 5.41) is 12.3. The predicted molar refractivity (Wildman–Crippen MR) is 86.4 cm³/mol. The third-order valence-electron chi connectivity index (χ3n) is 5.32. The van der Waals surface area contributed by atoms with Crippen LogP contribution in [0.25, 0.3) is 0 Å². The molecule has 24 heavy (non-hydrogen) atoms. The number of aliphatic hydroxyl groups is 1. The number of benzene rings is 1. The second kappa shape index (κ2) is 6.51. The van der Waals surface area contributed by atoms with Gasteiger partial charge >= 0.3 is 0 Å². The van der Waals surface area contributed by atoms with Crippen LogP contribution in [0.2, 0.25) is 0 Å². The molecule has 0 aromatic heterocycles. The number of halogens is 1. The standard InChI is InChI=1S/C18H23FN2O3/c1-21-15(23)6-5-14(16(21)12-3-2-4-13(19)9-12)17(24)20-10-18(11-22)7-8-18/h2-4,9,14,16,22H,5-8,10-11H2,1H3,(H,20,24)/t14-,16+/m1/s1. The minimum absolute atomic E-state index is 0.0395. The molecular weight excluding hydrogens is 311 g/mol. The maximum atomic E-state index is 13.6. The van der Waals surface area contributed by atoms with E-state index < -0.39 is 12.0 Å². The van der Waals surface area contributed by atoms with Crippen LogP contribution in [0.1, 0.15) is 37.3 Å². The quantitative estimate of drug-likeness (QED) is 0.860. The summed E-state index contributed by atoms with van der Waals surface area (Å²) in [5.74, 6) is -0.968. The normalized spacial score (nSPS) is 25.5. The van der Waals surface area contributed by atoms with E-state index >= 15 is 0 Å². The third-order valence-corrected chi connectivity index (χ3v) is 5.32. The van der Waals surface area contributed by atoms with E-state index in [1.54, 1.807) is 24.1 Å². The first-order chi connectivity index (χ1) is 11.5. The molecule has 0 spiro atoms. The molecule has 2 aliphatic rings. The van der Waals surface area contributed by atoms with E-state index in [-0.39, 0.29) is 29.7 Å². The Bertz CT molecular complexity index is 645. The maximum Gasteiger partial charge on any atom is 0.225 e. The molecule has 1 saturated heterocycles. The molecule has 2 N–H and O–H groups in total. The van der Waals surface area contributed by atoms with Crippen molar-refractivity contribution in [3.05, 3.63) is 35.6 Å². The summed E-state index contributed by atoms with van der Waals surface area (Å²) in [7, 11) is 1.66. The van der Waals surface area contributed by atoms with Crippen LogP contribution >= 0.6 is 0 Å². The molecule has 5 nitrogen and oxygen atoms in total. The number of carbonyl (C=O) groups excluding carboxylic acids is 2. The van der Waals surface area contributed by atoms with E-state index in [0.717, 1.165) is 12.8 Å². The van der Waals surface area contributed by atoms with Gasteiger partial charge in [0.25, 0.3) is 0 Å². The van der Waals surface area contributed by atoms with Gasteiger partial charge in [-0.25, -0.2) is 4.39 Å². The Labute approximate surface area is 140 Å². The monoisotopic (exact) mass is 334 g/mol. The van der Waals surface area contributed by atoms with Gasteiger partial charge in [-0.05, 0) is 37.0 Å². The van der Waals surface area contributed by atoms with Gasteiger partial charge in [0, 0.05) is 25.4 Å². The second-order valence-corrected chi connectivity index (χ2v) is 7.03. The van der Waals surface area contributed by atoms with Gasteiger partial charge in [0.2, 0.25) is 11.8 Å². The summed E-state index contributed by atoms with van der Waals surface area (Å²) < 4.78 is 13.6. The lowest BCUT2D eigenvalue weighted by atomic mass is 9.84. The summed E-state index contributed by atoms with van der Waals surface area (Å²) >= 11 is 0. The first-order valence-corrected chi connectivity index (χ1v) is 8.35. The van der Waals surface area contributed by atoms with E-state index in [9.17, 15) is 19.1 Å². The van der Waals surface area contributed by atoms with Crippen molar-refractivity contribution in [1.82, 2.24) is 10.2 Å². The van der Waals surface area contributed by atoms with Crippen molar-refractivity contribution in [3.63, 3.8) is 0 Å². The smallest absolute Gasteiger partial charge is 0.225 e. The highest BCUT2D eigenvalue weighted by atomic mass is 19.1. The van der Waals surface area contributed by atoms with Gasteiger partial charge in [-0.1, -0.05) is 12.1 Å². The number of likely N-dealkylation sites (tertiary alicyclic amines) is 1. The van der Waals surface area contributed by atoms with Crippen molar-refractivity contribution in [2.24, 2.45) is 11.3 Å². The molecule has 1 heterocycles. The minimum atomic E-state index is -0.466. The van der Waals surface area contributed by atoms with Crippen LogP contribution in [0, 0.1) is 17.2 Å². The molecule has 0 radical (unpaired) electrons. The molecule has 1 aliphatic carbocycles. The number of piperidine rings is 1. The Balaban J connectivity index is 1.78. The van der Waals surface area contributed by atoms with Crippen LogP contribution in [-0.2, 0) is 9.59 Å². The first-order valence-electron chi connectivity index (χ1n) is 8.35. The summed E-state index contributed by atoms with van der Waals surface area (Å²) in [5.41, 5.74) is 0.467. The fourth-order valence-electron chi connectivity index (χ4n) is 3.43. The van der Waals surface area contributed by atoms with Crippen LogP contribution in [0.3, 0.4) is 0 Å². The van der Waals surface area contributed by atoms with Gasteiger partial charge in [-0.3, -0.25) is 9.59 Å². The molecule has 0 bridgehead atoms. The van der Waals surface area contributed by atoms with E-state index in [4.69, 9.17) is 0 Å². The van der Waals surface area contributed by atoms with E-state index in [2.05, 4.69) is 5.32 Å². The lowest BCUT2D eigenvalue weighted by molar-refractivity contribution is -0.141. The van der Waals surface area contributed by atoms with Gasteiger partial charge in [0.15, 0.2) is 0 Å². The zero-order chi connectivity index (χ0) is 17.3. The van der Waals surface area contributed by atoms with Crippen LogP contribution in [-0.4, -0.2) is 42.0 Å². The lowest BCUT2D eigenvalue weighted by Gasteiger charge is -2.38. The molecule has 2 atom stereocenters. The number of aliphatic hydroxyl groups excluding tert-OH is 1. The average Bonchev–Trinajstić information content (AvgIpc) is 3.35. The molecule has 6 heteroatoms. The summed E-state index contributed by atoms with van der Waals surface area (Å²) in [6.45, 7) is 0.524. The zero-order valence-corrected chi connectivity index (χ0v) is 13.8. The van der Waals surface area contributed by atoms with E-state index in [1.807, 2.05) is 0 Å². The fraction of sp³-hybridized carbons (Fsp3) is 0.556. The number of amides is 2. The molecule has 130 valence electrons. The van der Waals surface area contributed by atoms with Crippen molar-refractivity contribution in [2.45, 2.75) is 31.7 Å². The topological polar surface area (TPSA) is 69.6 Å². The number of hydrogen-bond donors (Lipinski definition) is 2. The van der Waals surface area contributed by atoms with Crippen LogP contribution in [0.5, 0.6) is 0 Å². The Hall–Kier alpha value is -1.95. The third kappa shape index (κ3) is 3.29. The number of nitrogens with zero attached hydrogens (tertiary/aromatic N) is 1. The number of nitrogens with one attached hydrogen (secondary N) is 1. The number of rotatable bonds is 5. The van der Waals surface area contributed by atoms with Gasteiger partial charge in [-0.15, -0.1) is 0 Å². The van der Waals surface area contributed by atoms with E-state index in [1.165, 1.54) is 12.1 Å². The van der Waals surface area contributed by atoms with Crippen LogP contribution in [0.4, 0.5) is 4.39 Å². The van der Waals surface area contributed by atoms with Gasteiger partial charge in [-0.2, -0.15) is 0 Å². The molecule has 1 aliphatic heterocycles. The summed E-state index contributed by atoms with van der Waals surface area (Å²) in [4.78, 5) is 26.3. The molecular formula is C18H23FN2O3. The highest BCUT2D eigenvalue weighted by Crippen LogP contribution is 2.44. The summed E-state index contributed by atoms with van der Waals surface area (Å²) in [6, 6.07) is 5.61. The lowest BCUT2D eigenvalue weighted by Crippen LogP contribution is -2.47. The largest absolute Gasteiger partial charge is 0.396 e.